The van der Waals surface area contributed by atoms with Gasteiger partial charge in [0.2, 0.25) is 0 Å². The predicted octanol–water partition coefficient (Wildman–Crippen LogP) is 16.5. The summed E-state index contributed by atoms with van der Waals surface area (Å²) in [5.41, 5.74) is 18.5. The van der Waals surface area contributed by atoms with Gasteiger partial charge in [-0.05, 0) is 102 Å². The van der Waals surface area contributed by atoms with Gasteiger partial charge in [-0.15, -0.1) is 0 Å². The molecule has 0 unspecified atom stereocenters. The zero-order valence-electron chi connectivity index (χ0n) is 40.6. The van der Waals surface area contributed by atoms with Gasteiger partial charge >= 0.3 is 0 Å². The molecule has 2 aliphatic heterocycles. The average Bonchev–Trinajstić information content (AvgIpc) is 4.07. The number of hydrogen-bond donors (Lipinski definition) is 0. The summed E-state index contributed by atoms with van der Waals surface area (Å²) in [4.78, 5) is 15.3. The number of aromatic nitrogens is 4. The van der Waals surface area contributed by atoms with Gasteiger partial charge in [-0.3, -0.25) is 4.57 Å². The quantitative estimate of drug-likeness (QED) is 0.152. The van der Waals surface area contributed by atoms with E-state index in [1.807, 2.05) is 6.20 Å². The molecule has 0 bridgehead atoms. The van der Waals surface area contributed by atoms with E-state index in [9.17, 15) is 0 Å². The molecule has 0 aliphatic carbocycles. The van der Waals surface area contributed by atoms with Crippen molar-refractivity contribution in [1.82, 2.24) is 19.1 Å². The number of nitrogens with zero attached hydrogens (tertiary/aromatic N) is 6. The number of para-hydroxylation sites is 2. The molecule has 7 heteroatoms. The first kappa shape index (κ1) is 42.7. The van der Waals surface area contributed by atoms with Crippen LogP contribution >= 0.6 is 0 Å². The monoisotopic (exact) mass is 922 g/mol. The second-order valence-electron chi connectivity index (χ2n) is 20.2. The largest absolute Gasteiger partial charge is 0.457 e. The molecule has 0 amide bonds. The van der Waals surface area contributed by atoms with Gasteiger partial charge in [0.25, 0.3) is 0 Å². The van der Waals surface area contributed by atoms with Crippen LogP contribution in [0.1, 0.15) is 50.6 Å². The lowest BCUT2D eigenvalue weighted by Crippen LogP contribution is -2.25. The Morgan fingerprint density at radius 2 is 1.21 bits per heavy atom. The summed E-state index contributed by atoms with van der Waals surface area (Å²) in [5.74, 6) is 3.56. The van der Waals surface area contributed by atoms with Crippen molar-refractivity contribution in [3.05, 3.63) is 211 Å². The summed E-state index contributed by atoms with van der Waals surface area (Å²) in [6.45, 7) is 10.5. The number of hydrogen-bond acceptors (Lipinski definition) is 5. The minimum Gasteiger partial charge on any atom is -0.457 e. The van der Waals surface area contributed by atoms with Gasteiger partial charge < -0.3 is 19.1 Å². The van der Waals surface area contributed by atoms with E-state index in [-0.39, 0.29) is 5.41 Å². The van der Waals surface area contributed by atoms with Crippen LogP contribution in [0.3, 0.4) is 0 Å². The minimum absolute atomic E-state index is 0.0948. The highest BCUT2D eigenvalue weighted by atomic mass is 16.5. The van der Waals surface area contributed by atoms with Crippen molar-refractivity contribution >= 4 is 55.6 Å². The topological polar surface area (TPSA) is 51.4 Å². The summed E-state index contributed by atoms with van der Waals surface area (Å²) in [6.07, 6.45) is 5.36. The van der Waals surface area contributed by atoms with Crippen LogP contribution in [-0.4, -0.2) is 25.8 Å². The lowest BCUT2D eigenvalue weighted by Gasteiger charge is -2.27. The molecule has 11 aromatic rings. The van der Waals surface area contributed by atoms with E-state index >= 15 is 0 Å². The van der Waals surface area contributed by atoms with Crippen molar-refractivity contribution in [3.63, 3.8) is 0 Å². The first-order chi connectivity index (χ1) is 34.7. The number of benzene rings is 8. The van der Waals surface area contributed by atoms with E-state index < -0.39 is 0 Å². The summed E-state index contributed by atoms with van der Waals surface area (Å²) >= 11 is 0. The third kappa shape index (κ3) is 7.43. The van der Waals surface area contributed by atoms with Crippen molar-refractivity contribution < 1.29 is 4.74 Å². The van der Waals surface area contributed by atoms with Crippen LogP contribution in [0, 0.1) is 6.92 Å². The van der Waals surface area contributed by atoms with Crippen LogP contribution in [0.5, 0.6) is 11.5 Å². The first-order valence-electron chi connectivity index (χ1n) is 24.9. The van der Waals surface area contributed by atoms with E-state index in [4.69, 9.17) is 14.7 Å². The minimum atomic E-state index is 0.0948. The molecule has 5 heterocycles. The normalized spacial score (nSPS) is 13.6. The molecule has 0 radical (unpaired) electrons. The van der Waals surface area contributed by atoms with Gasteiger partial charge in [0, 0.05) is 64.4 Å². The highest BCUT2D eigenvalue weighted by molar-refractivity contribution is 6.09. The molecule has 346 valence electrons. The molecule has 0 saturated heterocycles. The van der Waals surface area contributed by atoms with Crippen LogP contribution in [0.2, 0.25) is 0 Å². The van der Waals surface area contributed by atoms with Crippen LogP contribution in [0.25, 0.3) is 72.0 Å². The molecule has 2 aliphatic rings. The Morgan fingerprint density at radius 1 is 0.535 bits per heavy atom. The molecule has 3 aromatic heterocycles. The van der Waals surface area contributed by atoms with Gasteiger partial charge in [-0.25, -0.2) is 9.97 Å². The van der Waals surface area contributed by atoms with Crippen LogP contribution in [-0.2, 0) is 18.4 Å². The van der Waals surface area contributed by atoms with Crippen molar-refractivity contribution in [2.45, 2.75) is 58.9 Å². The Kier molecular flexibility index (Phi) is 10.2. The Bertz CT molecular complexity index is 3770. The highest BCUT2D eigenvalue weighted by Crippen LogP contribution is 2.52. The summed E-state index contributed by atoms with van der Waals surface area (Å²) in [7, 11) is 0. The fraction of sp³-hybridized carbons (Fsp3) is 0.156. The molecule has 0 N–H and O–H groups in total. The second kappa shape index (κ2) is 16.9. The van der Waals surface area contributed by atoms with Crippen molar-refractivity contribution in [1.29, 1.82) is 0 Å². The van der Waals surface area contributed by atoms with Gasteiger partial charge in [-0.1, -0.05) is 148 Å². The van der Waals surface area contributed by atoms with Gasteiger partial charge in [0.1, 0.15) is 29.8 Å². The maximum Gasteiger partial charge on any atom is 0.137 e. The van der Waals surface area contributed by atoms with Crippen molar-refractivity contribution in [2.75, 3.05) is 16.5 Å². The molecule has 8 aromatic carbocycles. The lowest BCUT2D eigenvalue weighted by molar-refractivity contribution is 0.483. The Balaban J connectivity index is 0.893. The Morgan fingerprint density at radius 3 is 1.96 bits per heavy atom. The van der Waals surface area contributed by atoms with Crippen molar-refractivity contribution in [2.24, 2.45) is 0 Å². The van der Waals surface area contributed by atoms with Crippen LogP contribution in [0.15, 0.2) is 194 Å². The number of anilines is 4. The standard InChI is InChI=1S/C64H54N6O/c1-42-35-62(65-40-54(42)45-28-30-46(31-29-45)64(2,3)4)70-56-26-12-11-23-52(56)53-33-32-49(37-57(53)70)71-48-22-15-21-47(36-48)68-41-69(60-39-58-55(38-59(60)68)66-61-27-13-14-34-67(58)61)63-50(43-17-7-5-8-18-43)24-16-25-51(63)44-19-9-6-10-20-44/h5-12,15-26,28-33,35-40H,13-14,27,34,41H2,1-4H3. The molecular weight excluding hydrogens is 869 g/mol. The van der Waals surface area contributed by atoms with Gasteiger partial charge in [-0.2, -0.15) is 0 Å². The van der Waals surface area contributed by atoms with Gasteiger partial charge in [0.05, 0.1) is 39.1 Å². The third-order valence-electron chi connectivity index (χ3n) is 14.7. The number of imidazole rings is 1. The van der Waals surface area contributed by atoms with Crippen LogP contribution < -0.4 is 14.5 Å². The zero-order chi connectivity index (χ0) is 47.8. The molecule has 0 fully saturated rings. The number of aryl methyl sites for hydroxylation is 3. The average molecular weight is 923 g/mol. The lowest BCUT2D eigenvalue weighted by atomic mass is 9.86. The fourth-order valence-electron chi connectivity index (χ4n) is 11.1. The third-order valence-corrected chi connectivity index (χ3v) is 14.7. The number of pyridine rings is 1. The smallest absolute Gasteiger partial charge is 0.137 e. The number of rotatable bonds is 8. The summed E-state index contributed by atoms with van der Waals surface area (Å²) < 4.78 is 11.6. The number of fused-ring (bicyclic) bond motifs is 7. The predicted molar refractivity (Wildman–Crippen MR) is 293 cm³/mol. The fourth-order valence-corrected chi connectivity index (χ4v) is 11.1. The van der Waals surface area contributed by atoms with Crippen LogP contribution in [0.4, 0.5) is 22.7 Å². The van der Waals surface area contributed by atoms with Gasteiger partial charge in [0.15, 0.2) is 0 Å². The molecule has 0 spiro atoms. The SMILES string of the molecule is Cc1cc(-n2c3ccccc3c3ccc(Oc4cccc(N5CN(c6c(-c7ccccc7)cccc6-c6ccccc6)c6cc7c(cc65)nc5n7CCCC5)c4)cc32)ncc1-c1ccc(C(C)(C)C)cc1. The summed E-state index contributed by atoms with van der Waals surface area (Å²) in [5, 5.41) is 2.32. The highest BCUT2D eigenvalue weighted by Gasteiger charge is 2.33. The zero-order valence-corrected chi connectivity index (χ0v) is 40.6. The maximum absolute atomic E-state index is 6.90. The number of ether oxygens (including phenoxy) is 1. The molecule has 7 nitrogen and oxygen atoms in total. The van der Waals surface area contributed by atoms with Crippen molar-refractivity contribution in [3.8, 4) is 50.7 Å². The Hall–Kier alpha value is -8.42. The molecule has 0 atom stereocenters. The molecule has 0 saturated carbocycles. The van der Waals surface area contributed by atoms with E-state index in [1.54, 1.807) is 0 Å². The Labute approximate surface area is 414 Å². The van der Waals surface area contributed by atoms with E-state index in [2.05, 4.69) is 235 Å². The molecule has 13 rings (SSSR count). The van der Waals surface area contributed by atoms with E-state index in [0.29, 0.717) is 6.67 Å². The van der Waals surface area contributed by atoms with E-state index in [1.165, 1.54) is 74.2 Å². The summed E-state index contributed by atoms with van der Waals surface area (Å²) in [6, 6.07) is 67.7. The molecule has 71 heavy (non-hydrogen) atoms. The second-order valence-corrected chi connectivity index (χ2v) is 20.2. The maximum atomic E-state index is 6.90. The van der Waals surface area contributed by atoms with E-state index in [0.717, 1.165) is 74.8 Å². The first-order valence-corrected chi connectivity index (χ1v) is 24.9. The molecular formula is C64H54N6O.